The summed E-state index contributed by atoms with van der Waals surface area (Å²) in [5, 5.41) is 11.0. The maximum absolute atomic E-state index is 12.4. The number of hydrogen-bond acceptors (Lipinski definition) is 3. The van der Waals surface area contributed by atoms with Crippen molar-refractivity contribution >= 4 is 29.3 Å². The molecule has 3 nitrogen and oxygen atoms in total. The van der Waals surface area contributed by atoms with Crippen molar-refractivity contribution in [3.05, 3.63) is 40.6 Å². The van der Waals surface area contributed by atoms with Gasteiger partial charge in [-0.05, 0) is 42.5 Å². The highest BCUT2D eigenvalue weighted by atomic mass is 35.5. The number of allylic oxidation sites excluding steroid dienone is 2. The molecule has 0 amide bonds. The van der Waals surface area contributed by atoms with E-state index in [1.165, 1.54) is 12.6 Å². The average molecular weight is 318 g/mol. The summed E-state index contributed by atoms with van der Waals surface area (Å²) >= 11 is 5.83. The van der Waals surface area contributed by atoms with E-state index in [0.29, 0.717) is 23.4 Å². The summed E-state index contributed by atoms with van der Waals surface area (Å²) in [6.07, 6.45) is 8.31. The van der Waals surface area contributed by atoms with Crippen molar-refractivity contribution in [2.75, 3.05) is 0 Å². The first-order valence-corrected chi connectivity index (χ1v) is 8.21. The summed E-state index contributed by atoms with van der Waals surface area (Å²) in [7, 11) is 0. The lowest BCUT2D eigenvalue weighted by Crippen LogP contribution is -2.33. The number of hydrogen-bond donors (Lipinski definition) is 1. The Morgan fingerprint density at radius 2 is 1.77 bits per heavy atom. The van der Waals surface area contributed by atoms with Crippen LogP contribution in [-0.4, -0.2) is 17.1 Å². The minimum atomic E-state index is -0.00295. The number of aliphatic hydroxyl groups is 1. The number of carbonyl (C=O) groups is 1. The van der Waals surface area contributed by atoms with Gasteiger partial charge >= 0.3 is 0 Å². The van der Waals surface area contributed by atoms with Gasteiger partial charge in [0.1, 0.15) is 5.76 Å². The molecule has 4 heteroatoms. The lowest BCUT2D eigenvalue weighted by atomic mass is 9.65. The van der Waals surface area contributed by atoms with Gasteiger partial charge in [-0.3, -0.25) is 9.79 Å². The van der Waals surface area contributed by atoms with Crippen LogP contribution in [0.4, 0.5) is 5.69 Å². The molecule has 0 atom stereocenters. The molecule has 2 aliphatic carbocycles. The molecule has 1 spiro atoms. The van der Waals surface area contributed by atoms with Crippen LogP contribution in [0, 0.1) is 5.41 Å². The molecular formula is C18H20ClNO2. The standard InChI is InChI=1S/C18H20ClNO2/c19-13-4-6-14(7-5-13)20-12-15-16(21)10-18(11-17(15)22)8-2-1-3-9-18/h4-7,12,21H,1-3,8-11H2. The van der Waals surface area contributed by atoms with E-state index in [4.69, 9.17) is 11.6 Å². The van der Waals surface area contributed by atoms with Crippen molar-refractivity contribution in [3.63, 3.8) is 0 Å². The van der Waals surface area contributed by atoms with E-state index >= 15 is 0 Å². The number of Topliss-reactive ketones (excluding diaryl/α,β-unsaturated/α-hetero) is 1. The summed E-state index contributed by atoms with van der Waals surface area (Å²) in [5.41, 5.74) is 1.08. The van der Waals surface area contributed by atoms with Gasteiger partial charge in [0, 0.05) is 24.1 Å². The molecule has 1 saturated carbocycles. The molecule has 1 aromatic carbocycles. The minimum absolute atomic E-state index is 0.00295. The number of ketones is 1. The predicted molar refractivity (Wildman–Crippen MR) is 89.0 cm³/mol. The third-order valence-corrected chi connectivity index (χ3v) is 5.02. The van der Waals surface area contributed by atoms with Crippen LogP contribution in [0.1, 0.15) is 44.9 Å². The van der Waals surface area contributed by atoms with Crippen LogP contribution in [0.15, 0.2) is 40.6 Å². The zero-order valence-corrected chi connectivity index (χ0v) is 13.3. The minimum Gasteiger partial charge on any atom is -0.511 e. The van der Waals surface area contributed by atoms with Gasteiger partial charge in [-0.15, -0.1) is 0 Å². The fourth-order valence-corrected chi connectivity index (χ4v) is 3.70. The first-order valence-electron chi connectivity index (χ1n) is 7.83. The van der Waals surface area contributed by atoms with Crippen LogP contribution < -0.4 is 0 Å². The number of halogens is 1. The molecule has 2 aliphatic rings. The van der Waals surface area contributed by atoms with Gasteiger partial charge in [-0.2, -0.15) is 0 Å². The number of carbonyl (C=O) groups excluding carboxylic acids is 1. The Labute approximate surface area is 135 Å². The Kier molecular flexibility index (Phi) is 4.34. The maximum atomic E-state index is 12.4. The van der Waals surface area contributed by atoms with Crippen LogP contribution in [0.3, 0.4) is 0 Å². The lowest BCUT2D eigenvalue weighted by molar-refractivity contribution is -0.119. The highest BCUT2D eigenvalue weighted by molar-refractivity contribution is 6.30. The fourth-order valence-electron chi connectivity index (χ4n) is 3.58. The van der Waals surface area contributed by atoms with Gasteiger partial charge in [-0.25, -0.2) is 0 Å². The van der Waals surface area contributed by atoms with Crippen LogP contribution in [0.5, 0.6) is 0 Å². The number of nitrogens with zero attached hydrogens (tertiary/aromatic N) is 1. The molecule has 1 aromatic rings. The van der Waals surface area contributed by atoms with E-state index in [0.717, 1.165) is 31.4 Å². The number of aliphatic hydroxyl groups excluding tert-OH is 1. The van der Waals surface area contributed by atoms with Crippen LogP contribution in [-0.2, 0) is 4.79 Å². The van der Waals surface area contributed by atoms with Crippen molar-refractivity contribution in [1.82, 2.24) is 0 Å². The molecule has 0 saturated heterocycles. The molecule has 1 N–H and O–H groups in total. The molecule has 0 unspecified atom stereocenters. The third kappa shape index (κ3) is 3.25. The van der Waals surface area contributed by atoms with E-state index in [9.17, 15) is 9.90 Å². The van der Waals surface area contributed by atoms with Crippen LogP contribution >= 0.6 is 11.6 Å². The lowest BCUT2D eigenvalue weighted by Gasteiger charge is -2.39. The molecule has 0 bridgehead atoms. The van der Waals surface area contributed by atoms with Gasteiger partial charge in [0.2, 0.25) is 0 Å². The normalized spacial score (nSPS) is 21.8. The summed E-state index contributed by atoms with van der Waals surface area (Å²) in [6.45, 7) is 0. The van der Waals surface area contributed by atoms with Crippen molar-refractivity contribution < 1.29 is 9.90 Å². The number of rotatable bonds is 2. The molecule has 0 radical (unpaired) electrons. The Morgan fingerprint density at radius 1 is 1.09 bits per heavy atom. The molecule has 116 valence electrons. The van der Waals surface area contributed by atoms with Gasteiger partial charge in [-0.1, -0.05) is 30.9 Å². The quantitative estimate of drug-likeness (QED) is 0.765. The summed E-state index contributed by atoms with van der Waals surface area (Å²) < 4.78 is 0. The Bertz CT molecular complexity index is 625. The first kappa shape index (κ1) is 15.3. The molecule has 3 rings (SSSR count). The molecular weight excluding hydrogens is 298 g/mol. The first-order chi connectivity index (χ1) is 10.6. The van der Waals surface area contributed by atoms with E-state index in [2.05, 4.69) is 4.99 Å². The van der Waals surface area contributed by atoms with Crippen molar-refractivity contribution in [2.24, 2.45) is 10.4 Å². The van der Waals surface area contributed by atoms with Gasteiger partial charge in [0.25, 0.3) is 0 Å². The Morgan fingerprint density at radius 3 is 2.41 bits per heavy atom. The maximum Gasteiger partial charge on any atom is 0.168 e. The Balaban J connectivity index is 1.79. The predicted octanol–water partition coefficient (Wildman–Crippen LogP) is 5.17. The van der Waals surface area contributed by atoms with Crippen molar-refractivity contribution in [2.45, 2.75) is 44.9 Å². The van der Waals surface area contributed by atoms with Crippen molar-refractivity contribution in [1.29, 1.82) is 0 Å². The summed E-state index contributed by atoms with van der Waals surface area (Å²) in [6, 6.07) is 7.07. The molecule has 0 heterocycles. The molecule has 1 fully saturated rings. The Hall–Kier alpha value is -1.61. The second kappa shape index (κ2) is 6.25. The fraction of sp³-hybridized carbons (Fsp3) is 0.444. The monoisotopic (exact) mass is 317 g/mol. The van der Waals surface area contributed by atoms with Crippen LogP contribution in [0.2, 0.25) is 5.02 Å². The van der Waals surface area contributed by atoms with E-state index in [1.54, 1.807) is 24.3 Å². The zero-order chi connectivity index (χ0) is 15.6. The molecule has 0 aromatic heterocycles. The summed E-state index contributed by atoms with van der Waals surface area (Å²) in [5.74, 6) is 0.222. The van der Waals surface area contributed by atoms with Crippen molar-refractivity contribution in [3.8, 4) is 0 Å². The largest absolute Gasteiger partial charge is 0.511 e. The van der Waals surface area contributed by atoms with E-state index < -0.39 is 0 Å². The van der Waals surface area contributed by atoms with E-state index in [1.807, 2.05) is 0 Å². The second-order valence-electron chi connectivity index (χ2n) is 6.43. The van der Waals surface area contributed by atoms with Gasteiger partial charge < -0.3 is 5.11 Å². The highest BCUT2D eigenvalue weighted by Gasteiger charge is 2.40. The van der Waals surface area contributed by atoms with Crippen LogP contribution in [0.25, 0.3) is 0 Å². The van der Waals surface area contributed by atoms with Gasteiger partial charge in [0.15, 0.2) is 5.78 Å². The second-order valence-corrected chi connectivity index (χ2v) is 6.87. The van der Waals surface area contributed by atoms with E-state index in [-0.39, 0.29) is 17.0 Å². The van der Waals surface area contributed by atoms with Gasteiger partial charge in [0.05, 0.1) is 11.3 Å². The zero-order valence-electron chi connectivity index (χ0n) is 12.5. The molecule has 0 aliphatic heterocycles. The average Bonchev–Trinajstić information content (AvgIpc) is 2.49. The topological polar surface area (TPSA) is 49.7 Å². The summed E-state index contributed by atoms with van der Waals surface area (Å²) in [4.78, 5) is 16.7. The smallest absolute Gasteiger partial charge is 0.168 e. The number of aliphatic imine (C=N–C) groups is 1. The highest BCUT2D eigenvalue weighted by Crippen LogP contribution is 2.47. The SMILES string of the molecule is O=C1CC2(CCCCC2)CC(O)=C1C=Nc1ccc(Cl)cc1. The number of benzene rings is 1. The third-order valence-electron chi connectivity index (χ3n) is 4.77. The molecule has 22 heavy (non-hydrogen) atoms.